The number of rotatable bonds is 4. The summed E-state index contributed by atoms with van der Waals surface area (Å²) in [6.45, 7) is 0.636. The number of carbonyl (C=O) groups excluding carboxylic acids is 1. The molecule has 1 heterocycles. The summed E-state index contributed by atoms with van der Waals surface area (Å²) in [7, 11) is 0. The summed E-state index contributed by atoms with van der Waals surface area (Å²) in [4.78, 5) is 11.9. The molecular weight excluding hydrogens is 236 g/mol. The van der Waals surface area contributed by atoms with Gasteiger partial charge in [0.1, 0.15) is 0 Å². The number of nitrogen functional groups attached to an aromatic ring is 1. The average molecular weight is 250 g/mol. The zero-order valence-corrected chi connectivity index (χ0v) is 10.3. The molecule has 0 saturated heterocycles. The first kappa shape index (κ1) is 11.8. The van der Waals surface area contributed by atoms with Crippen molar-refractivity contribution in [2.45, 2.75) is 0 Å². The summed E-state index contributed by atoms with van der Waals surface area (Å²) < 4.78 is 0. The Hall–Kier alpha value is -1.69. The second-order valence-corrected chi connectivity index (χ2v) is 4.61. The number of anilines is 1. The van der Waals surface area contributed by atoms with Gasteiger partial charge < -0.3 is 11.1 Å². The van der Waals surface area contributed by atoms with Crippen LogP contribution in [-0.4, -0.2) is 34.7 Å². The molecule has 1 aromatic heterocycles. The molecule has 1 aromatic carbocycles. The standard InChI is InChI=1S/C11H14N4OS/c1-17-5-4-13-11(16)10-8-6-7(12)2-3-9(8)14-15-10/h2-3,6H,4-5,12H2,1H3,(H,13,16)(H,14,15). The van der Waals surface area contributed by atoms with Crippen LogP contribution in [0.3, 0.4) is 0 Å². The van der Waals surface area contributed by atoms with Crippen LogP contribution >= 0.6 is 11.8 Å². The number of hydrogen-bond acceptors (Lipinski definition) is 4. The zero-order valence-electron chi connectivity index (χ0n) is 9.49. The van der Waals surface area contributed by atoms with Gasteiger partial charge in [0.2, 0.25) is 0 Å². The molecule has 90 valence electrons. The molecule has 0 unspecified atom stereocenters. The Kier molecular flexibility index (Phi) is 3.53. The van der Waals surface area contributed by atoms with Crippen LogP contribution in [0.4, 0.5) is 5.69 Å². The minimum absolute atomic E-state index is 0.170. The molecule has 5 nitrogen and oxygen atoms in total. The molecule has 4 N–H and O–H groups in total. The number of nitrogens with zero attached hydrogens (tertiary/aromatic N) is 1. The maximum absolute atomic E-state index is 11.9. The number of carbonyl (C=O) groups is 1. The van der Waals surface area contributed by atoms with Gasteiger partial charge in [-0.05, 0) is 24.5 Å². The molecule has 0 fully saturated rings. The number of hydrogen-bond donors (Lipinski definition) is 3. The maximum Gasteiger partial charge on any atom is 0.272 e. The topological polar surface area (TPSA) is 83.8 Å². The summed E-state index contributed by atoms with van der Waals surface area (Å²) in [6, 6.07) is 5.34. The summed E-state index contributed by atoms with van der Waals surface area (Å²) in [6.07, 6.45) is 2.00. The Labute approximate surface area is 103 Å². The molecule has 0 radical (unpaired) electrons. The Balaban J connectivity index is 2.23. The number of fused-ring (bicyclic) bond motifs is 1. The number of aromatic nitrogens is 2. The van der Waals surface area contributed by atoms with E-state index in [-0.39, 0.29) is 5.91 Å². The predicted molar refractivity (Wildman–Crippen MR) is 71.2 cm³/mol. The predicted octanol–water partition coefficient (Wildman–Crippen LogP) is 1.24. The Morgan fingerprint density at radius 3 is 3.18 bits per heavy atom. The number of benzene rings is 1. The normalized spacial score (nSPS) is 10.6. The van der Waals surface area contributed by atoms with Crippen LogP contribution in [0, 0.1) is 0 Å². The fourth-order valence-electron chi connectivity index (χ4n) is 1.56. The van der Waals surface area contributed by atoms with E-state index in [1.807, 2.05) is 12.3 Å². The van der Waals surface area contributed by atoms with Crippen LogP contribution < -0.4 is 11.1 Å². The van der Waals surface area contributed by atoms with Crippen molar-refractivity contribution in [2.24, 2.45) is 0 Å². The lowest BCUT2D eigenvalue weighted by Crippen LogP contribution is -2.26. The Bertz CT molecular complexity index is 537. The van der Waals surface area contributed by atoms with Crippen LogP contribution in [0.2, 0.25) is 0 Å². The highest BCUT2D eigenvalue weighted by Crippen LogP contribution is 2.18. The van der Waals surface area contributed by atoms with Crippen LogP contribution in [0.25, 0.3) is 10.9 Å². The molecule has 0 aliphatic carbocycles. The van der Waals surface area contributed by atoms with E-state index in [2.05, 4.69) is 15.5 Å². The third kappa shape index (κ3) is 2.52. The van der Waals surface area contributed by atoms with Gasteiger partial charge in [0.05, 0.1) is 5.52 Å². The van der Waals surface area contributed by atoms with E-state index in [1.165, 1.54) is 0 Å². The van der Waals surface area contributed by atoms with Crippen molar-refractivity contribution >= 4 is 34.3 Å². The van der Waals surface area contributed by atoms with E-state index in [0.29, 0.717) is 17.9 Å². The highest BCUT2D eigenvalue weighted by molar-refractivity contribution is 7.98. The Morgan fingerprint density at radius 1 is 1.59 bits per heavy atom. The molecule has 2 aromatic rings. The highest BCUT2D eigenvalue weighted by Gasteiger charge is 2.13. The maximum atomic E-state index is 11.9. The fraction of sp³-hybridized carbons (Fsp3) is 0.273. The van der Waals surface area contributed by atoms with Crippen molar-refractivity contribution < 1.29 is 4.79 Å². The first-order valence-corrected chi connectivity index (χ1v) is 6.62. The molecule has 0 spiro atoms. The van der Waals surface area contributed by atoms with E-state index in [1.54, 1.807) is 23.9 Å². The molecule has 17 heavy (non-hydrogen) atoms. The SMILES string of the molecule is CSCCNC(=O)c1n[nH]c2ccc(N)cc12. The largest absolute Gasteiger partial charge is 0.399 e. The number of nitrogens with two attached hydrogens (primary N) is 1. The molecule has 1 amide bonds. The Morgan fingerprint density at radius 2 is 2.41 bits per heavy atom. The van der Waals surface area contributed by atoms with Gasteiger partial charge in [-0.2, -0.15) is 16.9 Å². The molecule has 0 saturated carbocycles. The van der Waals surface area contributed by atoms with E-state index in [9.17, 15) is 4.79 Å². The molecule has 6 heteroatoms. The third-order valence-electron chi connectivity index (χ3n) is 2.39. The van der Waals surface area contributed by atoms with Crippen LogP contribution in [0.1, 0.15) is 10.5 Å². The minimum atomic E-state index is -0.170. The quantitative estimate of drug-likeness (QED) is 0.563. The lowest BCUT2D eigenvalue weighted by Gasteiger charge is -2.01. The summed E-state index contributed by atoms with van der Waals surface area (Å²) in [5.41, 5.74) is 7.53. The second-order valence-electron chi connectivity index (χ2n) is 3.63. The van der Waals surface area contributed by atoms with Gasteiger partial charge in [-0.1, -0.05) is 0 Å². The van der Waals surface area contributed by atoms with Gasteiger partial charge in [-0.15, -0.1) is 0 Å². The molecule has 0 aliphatic rings. The van der Waals surface area contributed by atoms with Crippen molar-refractivity contribution in [3.63, 3.8) is 0 Å². The van der Waals surface area contributed by atoms with E-state index >= 15 is 0 Å². The van der Waals surface area contributed by atoms with Gasteiger partial charge in [-0.25, -0.2) is 0 Å². The zero-order chi connectivity index (χ0) is 12.3. The molecule has 0 aliphatic heterocycles. The second kappa shape index (κ2) is 5.09. The number of amides is 1. The summed E-state index contributed by atoms with van der Waals surface area (Å²) in [5.74, 6) is 0.715. The van der Waals surface area contributed by atoms with Gasteiger partial charge >= 0.3 is 0 Å². The number of aromatic amines is 1. The highest BCUT2D eigenvalue weighted by atomic mass is 32.2. The van der Waals surface area contributed by atoms with E-state index < -0.39 is 0 Å². The van der Waals surface area contributed by atoms with Crippen molar-refractivity contribution in [3.05, 3.63) is 23.9 Å². The van der Waals surface area contributed by atoms with E-state index in [4.69, 9.17) is 5.73 Å². The lowest BCUT2D eigenvalue weighted by molar-refractivity contribution is 0.0953. The van der Waals surface area contributed by atoms with Crippen molar-refractivity contribution in [2.75, 3.05) is 24.3 Å². The first-order chi connectivity index (χ1) is 8.22. The lowest BCUT2D eigenvalue weighted by atomic mass is 10.2. The fourth-order valence-corrected chi connectivity index (χ4v) is 1.86. The minimum Gasteiger partial charge on any atom is -0.399 e. The van der Waals surface area contributed by atoms with Gasteiger partial charge in [-0.3, -0.25) is 9.89 Å². The summed E-state index contributed by atoms with van der Waals surface area (Å²) >= 11 is 1.68. The van der Waals surface area contributed by atoms with Gasteiger partial charge in [0.15, 0.2) is 5.69 Å². The number of nitrogens with one attached hydrogen (secondary N) is 2. The first-order valence-electron chi connectivity index (χ1n) is 5.23. The van der Waals surface area contributed by atoms with Crippen LogP contribution in [0.15, 0.2) is 18.2 Å². The number of H-pyrrole nitrogens is 1. The molecule has 0 atom stereocenters. The smallest absolute Gasteiger partial charge is 0.272 e. The van der Waals surface area contributed by atoms with Crippen LogP contribution in [0.5, 0.6) is 0 Å². The van der Waals surface area contributed by atoms with E-state index in [0.717, 1.165) is 16.7 Å². The molecule has 0 bridgehead atoms. The van der Waals surface area contributed by atoms with Crippen molar-refractivity contribution in [1.82, 2.24) is 15.5 Å². The van der Waals surface area contributed by atoms with Crippen molar-refractivity contribution in [3.8, 4) is 0 Å². The molecule has 2 rings (SSSR count). The van der Waals surface area contributed by atoms with Gasteiger partial charge in [0.25, 0.3) is 5.91 Å². The average Bonchev–Trinajstić information content (AvgIpc) is 2.72. The van der Waals surface area contributed by atoms with Gasteiger partial charge in [0, 0.05) is 23.4 Å². The number of thioether (sulfide) groups is 1. The monoisotopic (exact) mass is 250 g/mol. The van der Waals surface area contributed by atoms with Crippen LogP contribution in [-0.2, 0) is 0 Å². The molecular formula is C11H14N4OS. The third-order valence-corrected chi connectivity index (χ3v) is 3.01. The summed E-state index contributed by atoms with van der Waals surface area (Å²) in [5, 5.41) is 10.4. The van der Waals surface area contributed by atoms with Crippen molar-refractivity contribution in [1.29, 1.82) is 0 Å².